The molecule has 0 fully saturated rings. The highest BCUT2D eigenvalue weighted by molar-refractivity contribution is 7.76. The Morgan fingerprint density at radius 1 is 0.789 bits per heavy atom. The lowest BCUT2D eigenvalue weighted by molar-refractivity contribution is 0.117. The SMILES string of the molecule is COC1=CCC[C@@H](P(c2ccco2)c2ccco2)C1C1=C(P(c2ccco2)c2ccco2)C=CC[C@H]1OC. The van der Waals surface area contributed by atoms with Crippen LogP contribution in [0.4, 0.5) is 0 Å². The van der Waals surface area contributed by atoms with Crippen LogP contribution in [0.5, 0.6) is 0 Å². The quantitative estimate of drug-likeness (QED) is 0.233. The van der Waals surface area contributed by atoms with Crippen molar-refractivity contribution in [3.05, 3.63) is 108 Å². The van der Waals surface area contributed by atoms with Crippen molar-refractivity contribution in [1.82, 2.24) is 0 Å². The van der Waals surface area contributed by atoms with Gasteiger partial charge in [-0.1, -0.05) is 12.2 Å². The Hall–Kier alpha value is -3.04. The molecule has 3 atom stereocenters. The molecule has 8 heteroatoms. The standard InChI is InChI=1S/C30H30O6P2/c1-31-21-9-3-11-23(37(25-13-5-17-33-25)26-14-6-18-34-26)29(21)30-22(32-2)10-4-12-24(30)38(27-15-7-19-35-27)28-16-8-20-36-28/h3,5-8,10-11,13-21,24,30H,4,9,12H2,1-2H3/t21-,24-,30?/m1/s1. The van der Waals surface area contributed by atoms with E-state index in [0.29, 0.717) is 0 Å². The van der Waals surface area contributed by atoms with E-state index in [1.54, 1.807) is 39.3 Å². The zero-order chi connectivity index (χ0) is 25.9. The van der Waals surface area contributed by atoms with Crippen LogP contribution >= 0.6 is 15.8 Å². The first-order valence-electron chi connectivity index (χ1n) is 12.7. The molecular weight excluding hydrogens is 518 g/mol. The van der Waals surface area contributed by atoms with Crippen molar-refractivity contribution in [1.29, 1.82) is 0 Å². The highest BCUT2D eigenvalue weighted by atomic mass is 31.1. The van der Waals surface area contributed by atoms with Gasteiger partial charge in [0.25, 0.3) is 0 Å². The number of hydrogen-bond acceptors (Lipinski definition) is 6. The number of ether oxygens (including phenoxy) is 2. The van der Waals surface area contributed by atoms with Crippen LogP contribution in [-0.4, -0.2) is 26.0 Å². The summed E-state index contributed by atoms with van der Waals surface area (Å²) in [5.41, 5.74) is 5.07. The molecule has 4 aromatic rings. The molecule has 0 bridgehead atoms. The van der Waals surface area contributed by atoms with Gasteiger partial charge >= 0.3 is 0 Å². The van der Waals surface area contributed by atoms with Gasteiger partial charge < -0.3 is 27.1 Å². The lowest BCUT2D eigenvalue weighted by atomic mass is 9.81. The minimum Gasteiger partial charge on any atom is -0.501 e. The summed E-state index contributed by atoms with van der Waals surface area (Å²) in [7, 11) is 1.52. The summed E-state index contributed by atoms with van der Waals surface area (Å²) in [6.45, 7) is 0. The molecule has 0 spiro atoms. The lowest BCUT2D eigenvalue weighted by Crippen LogP contribution is -2.37. The molecule has 2 aliphatic rings. The van der Waals surface area contributed by atoms with Gasteiger partial charge in [-0.25, -0.2) is 0 Å². The minimum atomic E-state index is -1.09. The van der Waals surface area contributed by atoms with E-state index in [2.05, 4.69) is 30.4 Å². The van der Waals surface area contributed by atoms with Crippen LogP contribution in [0.1, 0.15) is 19.3 Å². The molecule has 0 aromatic carbocycles. The normalized spacial score (nSPS) is 21.9. The van der Waals surface area contributed by atoms with Crippen LogP contribution < -0.4 is 22.0 Å². The summed E-state index contributed by atoms with van der Waals surface area (Å²) in [5, 5.41) is 1.18. The molecule has 2 aliphatic carbocycles. The van der Waals surface area contributed by atoms with Crippen molar-refractivity contribution in [2.24, 2.45) is 5.92 Å². The Morgan fingerprint density at radius 2 is 1.37 bits per heavy atom. The predicted molar refractivity (Wildman–Crippen MR) is 150 cm³/mol. The number of furan rings is 4. The third-order valence-electron chi connectivity index (χ3n) is 7.14. The number of allylic oxidation sites excluding steroid dienone is 4. The first kappa shape index (κ1) is 25.2. The Bertz CT molecular complexity index is 1310. The van der Waals surface area contributed by atoms with Gasteiger partial charge in [0.1, 0.15) is 22.0 Å². The maximum absolute atomic E-state index is 6.19. The largest absolute Gasteiger partial charge is 0.501 e. The van der Waals surface area contributed by atoms with Gasteiger partial charge in [-0.3, -0.25) is 0 Å². The zero-order valence-electron chi connectivity index (χ0n) is 21.4. The molecule has 0 saturated carbocycles. The van der Waals surface area contributed by atoms with Crippen LogP contribution in [0.3, 0.4) is 0 Å². The van der Waals surface area contributed by atoms with Crippen LogP contribution in [0.15, 0.2) is 126 Å². The van der Waals surface area contributed by atoms with Crippen molar-refractivity contribution in [2.75, 3.05) is 14.2 Å². The van der Waals surface area contributed by atoms with E-state index in [1.165, 1.54) is 10.9 Å². The van der Waals surface area contributed by atoms with E-state index in [-0.39, 0.29) is 17.7 Å². The van der Waals surface area contributed by atoms with Gasteiger partial charge in [-0.05, 0) is 84.8 Å². The molecule has 4 aromatic heterocycles. The molecule has 4 heterocycles. The van der Waals surface area contributed by atoms with Crippen molar-refractivity contribution in [3.63, 3.8) is 0 Å². The fourth-order valence-corrected chi connectivity index (χ4v) is 10.6. The monoisotopic (exact) mass is 548 g/mol. The van der Waals surface area contributed by atoms with E-state index in [4.69, 9.17) is 27.1 Å². The number of rotatable bonds is 9. The minimum absolute atomic E-state index is 0.0325. The summed E-state index contributed by atoms with van der Waals surface area (Å²) < 4.78 is 36.4. The third-order valence-corrected chi connectivity index (χ3v) is 12.1. The lowest BCUT2D eigenvalue weighted by Gasteiger charge is -2.41. The molecule has 0 amide bonds. The number of hydrogen-bond donors (Lipinski definition) is 0. The second-order valence-corrected chi connectivity index (χ2v) is 13.5. The smallest absolute Gasteiger partial charge is 0.137 e. The second kappa shape index (κ2) is 11.4. The first-order valence-corrected chi connectivity index (χ1v) is 15.5. The van der Waals surface area contributed by atoms with E-state index in [0.717, 1.165) is 47.0 Å². The summed E-state index contributed by atoms with van der Waals surface area (Å²) in [6.07, 6.45) is 16.2. The van der Waals surface area contributed by atoms with E-state index in [9.17, 15) is 0 Å². The summed E-state index contributed by atoms with van der Waals surface area (Å²) in [6, 6.07) is 16.0. The second-order valence-electron chi connectivity index (χ2n) is 9.15. The Labute approximate surface area is 224 Å². The average molecular weight is 549 g/mol. The maximum Gasteiger partial charge on any atom is 0.137 e. The van der Waals surface area contributed by atoms with Gasteiger partial charge in [0.15, 0.2) is 0 Å². The van der Waals surface area contributed by atoms with Crippen molar-refractivity contribution >= 4 is 37.8 Å². The summed E-state index contributed by atoms with van der Waals surface area (Å²) in [4.78, 5) is 0. The van der Waals surface area contributed by atoms with Gasteiger partial charge in [0, 0.05) is 26.6 Å². The molecule has 1 unspecified atom stereocenters. The van der Waals surface area contributed by atoms with Gasteiger partial charge in [-0.2, -0.15) is 0 Å². The highest BCUT2D eigenvalue weighted by Gasteiger charge is 2.45. The predicted octanol–water partition coefficient (Wildman–Crippen LogP) is 6.16. The highest BCUT2D eigenvalue weighted by Crippen LogP contribution is 2.57. The van der Waals surface area contributed by atoms with Crippen molar-refractivity contribution < 1.29 is 27.1 Å². The van der Waals surface area contributed by atoms with Crippen molar-refractivity contribution in [2.45, 2.75) is 31.0 Å². The van der Waals surface area contributed by atoms with E-state index in [1.807, 2.05) is 36.4 Å². The Balaban J connectivity index is 1.57. The molecule has 6 nitrogen and oxygen atoms in total. The van der Waals surface area contributed by atoms with E-state index >= 15 is 0 Å². The zero-order valence-corrected chi connectivity index (χ0v) is 23.1. The Morgan fingerprint density at radius 3 is 1.87 bits per heavy atom. The molecule has 0 aliphatic heterocycles. The maximum atomic E-state index is 6.19. The summed E-state index contributed by atoms with van der Waals surface area (Å²) >= 11 is 0. The third kappa shape index (κ3) is 4.66. The van der Waals surface area contributed by atoms with Gasteiger partial charge in [0.05, 0.1) is 51.9 Å². The molecule has 6 rings (SSSR count). The van der Waals surface area contributed by atoms with Crippen LogP contribution in [0.25, 0.3) is 0 Å². The topological polar surface area (TPSA) is 71.0 Å². The summed E-state index contributed by atoms with van der Waals surface area (Å²) in [5.74, 6) is 0.931. The fraction of sp³-hybridized carbons (Fsp3) is 0.267. The van der Waals surface area contributed by atoms with Gasteiger partial charge in [0.2, 0.25) is 0 Å². The molecule has 0 N–H and O–H groups in total. The van der Waals surface area contributed by atoms with Crippen LogP contribution in [0, 0.1) is 5.92 Å². The van der Waals surface area contributed by atoms with E-state index < -0.39 is 15.8 Å². The Kier molecular flexibility index (Phi) is 7.56. The molecular formula is C30H30O6P2. The van der Waals surface area contributed by atoms with Crippen LogP contribution in [-0.2, 0) is 9.47 Å². The fourth-order valence-electron chi connectivity index (χ4n) is 5.60. The molecule has 0 radical (unpaired) electrons. The first-order chi connectivity index (χ1) is 18.8. The van der Waals surface area contributed by atoms with Crippen LogP contribution in [0.2, 0.25) is 0 Å². The molecule has 38 heavy (non-hydrogen) atoms. The van der Waals surface area contributed by atoms with Gasteiger partial charge in [-0.15, -0.1) is 0 Å². The molecule has 196 valence electrons. The number of methoxy groups -OCH3 is 2. The average Bonchev–Trinajstić information content (AvgIpc) is 3.78. The van der Waals surface area contributed by atoms with Crippen molar-refractivity contribution in [3.8, 4) is 0 Å². The molecule has 0 saturated heterocycles.